The van der Waals surface area contributed by atoms with Crippen LogP contribution in [-0.4, -0.2) is 26.8 Å². The van der Waals surface area contributed by atoms with Gasteiger partial charge in [-0.25, -0.2) is 4.68 Å². The minimum absolute atomic E-state index is 0.000873. The van der Waals surface area contributed by atoms with Crippen LogP contribution in [-0.2, 0) is 40.6 Å². The van der Waals surface area contributed by atoms with E-state index in [-0.39, 0.29) is 24.8 Å². The van der Waals surface area contributed by atoms with Crippen LogP contribution in [0.15, 0.2) is 51.6 Å². The molecule has 9 nitrogen and oxygen atoms in total. The quantitative estimate of drug-likeness (QED) is 0.457. The van der Waals surface area contributed by atoms with Crippen LogP contribution in [0.3, 0.4) is 0 Å². The molecule has 3 aromatic heterocycles. The van der Waals surface area contributed by atoms with E-state index >= 15 is 0 Å². The molecule has 31 heavy (non-hydrogen) atoms. The first-order valence-electron chi connectivity index (χ1n) is 9.76. The zero-order valence-corrected chi connectivity index (χ0v) is 17.3. The Morgan fingerprint density at radius 2 is 2.03 bits per heavy atom. The normalized spacial score (nSPS) is 12.8. The van der Waals surface area contributed by atoms with Crippen molar-refractivity contribution in [1.82, 2.24) is 20.3 Å². The number of aromatic nitrogens is 3. The maximum absolute atomic E-state index is 12.8. The Balaban J connectivity index is 1.30. The molecule has 0 radical (unpaired) electrons. The largest absolute Gasteiger partial charge is 0.467 e. The molecule has 158 valence electrons. The van der Waals surface area contributed by atoms with E-state index in [1.54, 1.807) is 34.8 Å². The summed E-state index contributed by atoms with van der Waals surface area (Å²) in [6, 6.07) is 11.0. The molecule has 0 aliphatic carbocycles. The highest BCUT2D eigenvalue weighted by molar-refractivity contribution is 7.98. The fraction of sp³-hybridized carbons (Fsp3) is 0.238. The number of carbonyl (C=O) groups excluding carboxylic acids is 2. The molecule has 0 saturated heterocycles. The van der Waals surface area contributed by atoms with Crippen molar-refractivity contribution in [2.24, 2.45) is 0 Å². The van der Waals surface area contributed by atoms with E-state index < -0.39 is 0 Å². The molecule has 5 rings (SSSR count). The summed E-state index contributed by atoms with van der Waals surface area (Å²) >= 11 is 1.73. The Morgan fingerprint density at radius 1 is 1.13 bits per heavy atom. The van der Waals surface area contributed by atoms with Gasteiger partial charge in [0.2, 0.25) is 11.8 Å². The predicted molar refractivity (Wildman–Crippen MR) is 114 cm³/mol. The van der Waals surface area contributed by atoms with Gasteiger partial charge in [0, 0.05) is 22.5 Å². The molecule has 0 atom stereocenters. The highest BCUT2D eigenvalue weighted by atomic mass is 32.2. The summed E-state index contributed by atoms with van der Waals surface area (Å²) in [6.45, 7) is 0.296. The summed E-state index contributed by atoms with van der Waals surface area (Å²) in [5.74, 6) is 2.27. The highest BCUT2D eigenvalue weighted by Gasteiger charge is 2.25. The fourth-order valence-electron chi connectivity index (χ4n) is 3.51. The highest BCUT2D eigenvalue weighted by Crippen LogP contribution is 2.34. The van der Waals surface area contributed by atoms with Gasteiger partial charge in [-0.1, -0.05) is 17.3 Å². The van der Waals surface area contributed by atoms with Crippen LogP contribution in [0.25, 0.3) is 11.0 Å². The summed E-state index contributed by atoms with van der Waals surface area (Å²) in [7, 11) is 0. The second-order valence-corrected chi connectivity index (χ2v) is 8.12. The first kappa shape index (κ1) is 19.4. The van der Waals surface area contributed by atoms with E-state index in [0.717, 1.165) is 28.1 Å². The summed E-state index contributed by atoms with van der Waals surface area (Å²) in [5, 5.41) is 15.1. The molecule has 2 amide bonds. The van der Waals surface area contributed by atoms with E-state index in [0.29, 0.717) is 29.4 Å². The Kier molecular flexibility index (Phi) is 5.21. The minimum Gasteiger partial charge on any atom is -0.467 e. The minimum atomic E-state index is -0.240. The van der Waals surface area contributed by atoms with Gasteiger partial charge in [0.05, 0.1) is 24.9 Å². The molecule has 0 bridgehead atoms. The lowest BCUT2D eigenvalue weighted by molar-refractivity contribution is -0.122. The van der Waals surface area contributed by atoms with Gasteiger partial charge in [0.15, 0.2) is 5.58 Å². The van der Waals surface area contributed by atoms with Crippen LogP contribution in [0, 0.1) is 0 Å². The lowest BCUT2D eigenvalue weighted by Gasteiger charge is -2.11. The number of benzene rings is 1. The number of hydrogen-bond acceptors (Lipinski definition) is 7. The van der Waals surface area contributed by atoms with Crippen molar-refractivity contribution in [2.75, 3.05) is 5.32 Å². The van der Waals surface area contributed by atoms with Gasteiger partial charge < -0.3 is 19.6 Å². The van der Waals surface area contributed by atoms with Gasteiger partial charge in [-0.15, -0.1) is 0 Å². The maximum Gasteiger partial charge on any atom is 0.242 e. The topological polar surface area (TPSA) is 115 Å². The Hall–Kier alpha value is -3.53. The Labute approximate surface area is 181 Å². The van der Waals surface area contributed by atoms with Crippen molar-refractivity contribution in [3.63, 3.8) is 0 Å². The SMILES string of the molecule is O=C(Cn1nc2c(c1NC(=O)Cc1noc3ccccc13)CSC2)NCc1ccco1. The zero-order chi connectivity index (χ0) is 21.2. The number of nitrogens with one attached hydrogen (secondary N) is 2. The zero-order valence-electron chi connectivity index (χ0n) is 16.5. The molecule has 0 unspecified atom stereocenters. The predicted octanol–water partition coefficient (Wildman–Crippen LogP) is 2.86. The van der Waals surface area contributed by atoms with Crippen molar-refractivity contribution in [1.29, 1.82) is 0 Å². The number of furan rings is 1. The molecular formula is C21H19N5O4S. The number of fused-ring (bicyclic) bond motifs is 2. The number of nitrogens with zero attached hydrogens (tertiary/aromatic N) is 3. The monoisotopic (exact) mass is 437 g/mol. The number of rotatable bonds is 7. The second kappa shape index (κ2) is 8.31. The van der Waals surface area contributed by atoms with Crippen LogP contribution in [0.5, 0.6) is 0 Å². The van der Waals surface area contributed by atoms with Gasteiger partial charge in [-0.05, 0) is 24.3 Å². The van der Waals surface area contributed by atoms with Gasteiger partial charge in [-0.3, -0.25) is 9.59 Å². The van der Waals surface area contributed by atoms with E-state index in [9.17, 15) is 9.59 Å². The van der Waals surface area contributed by atoms with Gasteiger partial charge in [0.1, 0.15) is 23.8 Å². The smallest absolute Gasteiger partial charge is 0.242 e. The molecule has 0 saturated carbocycles. The Bertz CT molecular complexity index is 1240. The van der Waals surface area contributed by atoms with Crippen LogP contribution in [0.1, 0.15) is 22.7 Å². The van der Waals surface area contributed by atoms with Crippen molar-refractivity contribution in [3.05, 3.63) is 65.4 Å². The van der Waals surface area contributed by atoms with Crippen LogP contribution in [0.4, 0.5) is 5.82 Å². The second-order valence-electron chi connectivity index (χ2n) is 7.13. The average Bonchev–Trinajstić information content (AvgIpc) is 3.54. The van der Waals surface area contributed by atoms with E-state index in [1.807, 2.05) is 24.3 Å². The molecule has 2 N–H and O–H groups in total. The van der Waals surface area contributed by atoms with Crippen molar-refractivity contribution in [2.45, 2.75) is 31.0 Å². The molecular weight excluding hydrogens is 418 g/mol. The maximum atomic E-state index is 12.8. The third-order valence-corrected chi connectivity index (χ3v) is 5.96. The summed E-state index contributed by atoms with van der Waals surface area (Å²) in [5.41, 5.74) is 3.07. The standard InChI is InChI=1S/C21H19N5O4S/c27-19(8-16-14-5-1-2-6-18(14)30-25-16)23-21-15-11-31-12-17(15)24-26(21)10-20(28)22-9-13-4-3-7-29-13/h1-7H,8-12H2,(H,22,28)(H,23,27). The number of carbonyl (C=O) groups is 2. The number of anilines is 1. The van der Waals surface area contributed by atoms with Crippen molar-refractivity contribution >= 4 is 40.4 Å². The summed E-state index contributed by atoms with van der Waals surface area (Å²) in [4.78, 5) is 25.2. The van der Waals surface area contributed by atoms with E-state index in [2.05, 4.69) is 20.9 Å². The molecule has 10 heteroatoms. The fourth-order valence-corrected chi connectivity index (χ4v) is 4.54. The van der Waals surface area contributed by atoms with E-state index in [4.69, 9.17) is 8.94 Å². The van der Waals surface area contributed by atoms with Gasteiger partial charge in [0.25, 0.3) is 0 Å². The summed E-state index contributed by atoms with van der Waals surface area (Å²) < 4.78 is 12.1. The molecule has 4 aromatic rings. The Morgan fingerprint density at radius 3 is 2.90 bits per heavy atom. The lowest BCUT2D eigenvalue weighted by Crippen LogP contribution is -2.29. The third-order valence-electron chi connectivity index (χ3n) is 4.99. The van der Waals surface area contributed by atoms with Crippen LogP contribution < -0.4 is 10.6 Å². The first-order chi connectivity index (χ1) is 15.2. The molecule has 1 aromatic carbocycles. The third kappa shape index (κ3) is 4.06. The first-order valence-corrected chi connectivity index (χ1v) is 10.9. The number of para-hydroxylation sites is 1. The molecule has 4 heterocycles. The van der Waals surface area contributed by atoms with E-state index in [1.165, 1.54) is 0 Å². The summed E-state index contributed by atoms with van der Waals surface area (Å²) in [6.07, 6.45) is 1.62. The van der Waals surface area contributed by atoms with Crippen molar-refractivity contribution in [3.8, 4) is 0 Å². The van der Waals surface area contributed by atoms with Crippen LogP contribution >= 0.6 is 11.8 Å². The van der Waals surface area contributed by atoms with Crippen LogP contribution in [0.2, 0.25) is 0 Å². The number of amides is 2. The van der Waals surface area contributed by atoms with Gasteiger partial charge >= 0.3 is 0 Å². The molecule has 1 aliphatic heterocycles. The van der Waals surface area contributed by atoms with Crippen molar-refractivity contribution < 1.29 is 18.5 Å². The lowest BCUT2D eigenvalue weighted by atomic mass is 10.1. The van der Waals surface area contributed by atoms with Gasteiger partial charge in [-0.2, -0.15) is 16.9 Å². The number of hydrogen-bond donors (Lipinski definition) is 2. The molecule has 0 fully saturated rings. The number of thioether (sulfide) groups is 1. The molecule has 1 aliphatic rings. The molecule has 0 spiro atoms. The average molecular weight is 437 g/mol.